The molecule has 4 N–H and O–H groups in total. The fourth-order valence-electron chi connectivity index (χ4n) is 2.57. The lowest BCUT2D eigenvalue weighted by molar-refractivity contribution is -0.136. The van der Waals surface area contributed by atoms with E-state index in [1.807, 2.05) is 0 Å². The van der Waals surface area contributed by atoms with Gasteiger partial charge < -0.3 is 16.0 Å². The van der Waals surface area contributed by atoms with Crippen LogP contribution < -0.4 is 16.5 Å². The quantitative estimate of drug-likeness (QED) is 0.655. The van der Waals surface area contributed by atoms with Crippen LogP contribution in [-0.2, 0) is 6.18 Å². The second kappa shape index (κ2) is 6.60. The number of benzene rings is 2. The number of hydrogen-bond donors (Lipinski definition) is 3. The summed E-state index contributed by atoms with van der Waals surface area (Å²) in [5.41, 5.74) is 3.07. The van der Waals surface area contributed by atoms with Crippen LogP contribution in [0, 0.1) is 0 Å². The van der Waals surface area contributed by atoms with Gasteiger partial charge >= 0.3 is 6.18 Å². The number of nitrogens with one attached hydrogen (secondary N) is 2. The molecule has 0 bridgehead atoms. The van der Waals surface area contributed by atoms with Crippen molar-refractivity contribution < 1.29 is 22.8 Å². The normalized spacial score (nSPS) is 11.4. The molecule has 27 heavy (non-hydrogen) atoms. The molecule has 2 aromatic carbocycles. The fraction of sp³-hybridized carbons (Fsp3) is 0.0556. The number of primary amides is 1. The molecule has 0 atom stereocenters. The van der Waals surface area contributed by atoms with Crippen LogP contribution in [0.15, 0.2) is 53.5 Å². The van der Waals surface area contributed by atoms with Gasteiger partial charge in [0.05, 0.1) is 11.1 Å². The summed E-state index contributed by atoms with van der Waals surface area (Å²) in [7, 11) is 0. The molecule has 0 radical (unpaired) electrons. The Kier molecular flexibility index (Phi) is 4.44. The number of amides is 2. The third kappa shape index (κ3) is 3.52. The number of hydrogen-bond acceptors (Lipinski definition) is 3. The van der Waals surface area contributed by atoms with Gasteiger partial charge in [0, 0.05) is 22.8 Å². The lowest BCUT2D eigenvalue weighted by Crippen LogP contribution is -2.22. The molecule has 138 valence electrons. The van der Waals surface area contributed by atoms with Crippen LogP contribution in [0.1, 0.15) is 26.3 Å². The molecule has 2 amide bonds. The van der Waals surface area contributed by atoms with Crippen molar-refractivity contribution in [3.8, 4) is 0 Å². The molecule has 0 spiro atoms. The zero-order chi connectivity index (χ0) is 19.8. The maximum Gasteiger partial charge on any atom is 0.418 e. The fourth-order valence-corrected chi connectivity index (χ4v) is 2.57. The van der Waals surface area contributed by atoms with Crippen LogP contribution in [-0.4, -0.2) is 16.8 Å². The number of aromatic amines is 1. The highest BCUT2D eigenvalue weighted by Crippen LogP contribution is 2.33. The summed E-state index contributed by atoms with van der Waals surface area (Å²) in [5, 5.41) is 2.19. The highest BCUT2D eigenvalue weighted by molar-refractivity contribution is 6.06. The Morgan fingerprint density at radius 2 is 1.70 bits per heavy atom. The third-order valence-electron chi connectivity index (χ3n) is 3.89. The molecule has 3 aromatic rings. The molecule has 0 aliphatic carbocycles. The van der Waals surface area contributed by atoms with Crippen molar-refractivity contribution in [1.82, 2.24) is 4.98 Å². The van der Waals surface area contributed by atoms with Crippen LogP contribution in [0.2, 0.25) is 0 Å². The number of nitrogens with two attached hydrogens (primary N) is 1. The molecule has 0 aliphatic heterocycles. The molecular weight excluding hydrogens is 363 g/mol. The van der Waals surface area contributed by atoms with Crippen LogP contribution in [0.4, 0.5) is 18.9 Å². The van der Waals surface area contributed by atoms with Crippen molar-refractivity contribution in [3.05, 3.63) is 75.6 Å². The summed E-state index contributed by atoms with van der Waals surface area (Å²) < 4.78 is 39.2. The predicted octanol–water partition coefficient (Wildman–Crippen LogP) is 2.90. The van der Waals surface area contributed by atoms with Gasteiger partial charge in [-0.15, -0.1) is 0 Å². The Balaban J connectivity index is 1.97. The molecule has 0 fully saturated rings. The summed E-state index contributed by atoms with van der Waals surface area (Å²) in [5.74, 6) is -1.44. The largest absolute Gasteiger partial charge is 0.418 e. The first-order chi connectivity index (χ1) is 12.7. The first-order valence-corrected chi connectivity index (χ1v) is 7.61. The number of halogens is 3. The Labute approximate surface area is 149 Å². The topological polar surface area (TPSA) is 105 Å². The molecule has 0 saturated carbocycles. The zero-order valence-electron chi connectivity index (χ0n) is 13.6. The summed E-state index contributed by atoms with van der Waals surface area (Å²) in [6.07, 6.45) is -3.71. The Hall–Kier alpha value is -3.62. The van der Waals surface area contributed by atoms with E-state index in [4.69, 9.17) is 5.73 Å². The van der Waals surface area contributed by atoms with Crippen LogP contribution in [0.25, 0.3) is 10.9 Å². The minimum Gasteiger partial charge on any atom is -0.366 e. The van der Waals surface area contributed by atoms with Crippen molar-refractivity contribution >= 4 is 28.4 Å². The summed E-state index contributed by atoms with van der Waals surface area (Å²) >= 11 is 0. The average Bonchev–Trinajstić information content (AvgIpc) is 2.61. The van der Waals surface area contributed by atoms with Gasteiger partial charge in [-0.1, -0.05) is 6.07 Å². The number of fused-ring (bicyclic) bond motifs is 1. The van der Waals surface area contributed by atoms with E-state index in [1.165, 1.54) is 30.3 Å². The molecule has 1 aromatic heterocycles. The van der Waals surface area contributed by atoms with Crippen LogP contribution in [0.3, 0.4) is 0 Å². The van der Waals surface area contributed by atoms with Crippen molar-refractivity contribution in [2.75, 3.05) is 5.32 Å². The van der Waals surface area contributed by atoms with Gasteiger partial charge in [-0.05, 0) is 36.4 Å². The van der Waals surface area contributed by atoms with Crippen molar-refractivity contribution in [1.29, 1.82) is 0 Å². The van der Waals surface area contributed by atoms with Crippen molar-refractivity contribution in [2.45, 2.75) is 6.18 Å². The smallest absolute Gasteiger partial charge is 0.366 e. The number of anilines is 1. The minimum absolute atomic E-state index is 0.233. The summed E-state index contributed by atoms with van der Waals surface area (Å²) in [6.45, 7) is 0. The predicted molar refractivity (Wildman–Crippen MR) is 92.5 cm³/mol. The highest BCUT2D eigenvalue weighted by atomic mass is 19.4. The molecule has 3 rings (SSSR count). The van der Waals surface area contributed by atoms with Gasteiger partial charge in [-0.3, -0.25) is 14.4 Å². The maximum absolute atomic E-state index is 13.1. The molecule has 6 nitrogen and oxygen atoms in total. The lowest BCUT2D eigenvalue weighted by Gasteiger charge is -2.11. The Morgan fingerprint density at radius 1 is 1.04 bits per heavy atom. The van der Waals surface area contributed by atoms with Crippen LogP contribution >= 0.6 is 0 Å². The van der Waals surface area contributed by atoms with E-state index < -0.39 is 34.5 Å². The number of carbonyl (C=O) groups excluding carboxylic acids is 2. The molecule has 9 heteroatoms. The number of carbonyl (C=O) groups is 2. The van der Waals surface area contributed by atoms with Gasteiger partial charge in [0.1, 0.15) is 5.56 Å². The summed E-state index contributed by atoms with van der Waals surface area (Å²) in [4.78, 5) is 38.2. The van der Waals surface area contributed by atoms with E-state index in [0.717, 1.165) is 18.3 Å². The second-order valence-electron chi connectivity index (χ2n) is 5.65. The first kappa shape index (κ1) is 18.2. The van der Waals surface area contributed by atoms with Gasteiger partial charge in [0.2, 0.25) is 11.3 Å². The zero-order valence-corrected chi connectivity index (χ0v) is 13.6. The first-order valence-electron chi connectivity index (χ1n) is 7.61. The maximum atomic E-state index is 13.1. The van der Waals surface area contributed by atoms with E-state index >= 15 is 0 Å². The second-order valence-corrected chi connectivity index (χ2v) is 5.65. The van der Waals surface area contributed by atoms with Gasteiger partial charge in [-0.25, -0.2) is 0 Å². The van der Waals surface area contributed by atoms with E-state index in [0.29, 0.717) is 0 Å². The summed E-state index contributed by atoms with van der Waals surface area (Å²) in [6, 6.07) is 8.76. The molecule has 0 aliphatic rings. The molecule has 0 saturated heterocycles. The number of pyridine rings is 1. The average molecular weight is 375 g/mol. The molecule has 0 unspecified atom stereocenters. The SMILES string of the molecule is NC(=O)c1ccc(NC(=O)c2c[nH]c3c(C(F)(F)F)cccc3c2=O)cc1. The number of aromatic nitrogens is 1. The van der Waals surface area contributed by atoms with Crippen molar-refractivity contribution in [2.24, 2.45) is 5.73 Å². The van der Waals surface area contributed by atoms with Gasteiger partial charge in [0.25, 0.3) is 5.91 Å². The van der Waals surface area contributed by atoms with E-state index in [9.17, 15) is 27.6 Å². The number of rotatable bonds is 3. The van der Waals surface area contributed by atoms with E-state index in [-0.39, 0.29) is 22.2 Å². The van der Waals surface area contributed by atoms with Gasteiger partial charge in [0.15, 0.2) is 0 Å². The van der Waals surface area contributed by atoms with E-state index in [1.54, 1.807) is 0 Å². The Morgan fingerprint density at radius 3 is 2.30 bits per heavy atom. The lowest BCUT2D eigenvalue weighted by atomic mass is 10.1. The standard InChI is InChI=1S/C18H12F3N3O3/c19-18(20,21)13-3-1-2-11-14(13)23-8-12(15(11)25)17(27)24-10-6-4-9(5-7-10)16(22)26/h1-8H,(H2,22,26)(H,23,25)(H,24,27). The number of H-pyrrole nitrogens is 1. The molecule has 1 heterocycles. The minimum atomic E-state index is -4.64. The monoisotopic (exact) mass is 375 g/mol. The van der Waals surface area contributed by atoms with Gasteiger partial charge in [-0.2, -0.15) is 13.2 Å². The highest BCUT2D eigenvalue weighted by Gasteiger charge is 2.33. The molecular formula is C18H12F3N3O3. The van der Waals surface area contributed by atoms with Crippen molar-refractivity contribution in [3.63, 3.8) is 0 Å². The third-order valence-corrected chi connectivity index (χ3v) is 3.89. The van der Waals surface area contributed by atoms with E-state index in [2.05, 4.69) is 10.3 Å². The van der Waals surface area contributed by atoms with Crippen LogP contribution in [0.5, 0.6) is 0 Å². The number of para-hydroxylation sites is 1. The Bertz CT molecular complexity index is 1100. The number of alkyl halides is 3.